The molecule has 1 aliphatic rings. The maximum Gasteiger partial charge on any atom is 0.310 e. The lowest BCUT2D eigenvalue weighted by Crippen LogP contribution is -2.41. The van der Waals surface area contributed by atoms with Crippen molar-refractivity contribution < 1.29 is 14.3 Å². The third kappa shape index (κ3) is 6.86. The molecular formula is C20H32IN3O3. The molecular weight excluding hydrogens is 457 g/mol. The molecule has 0 saturated carbocycles. The van der Waals surface area contributed by atoms with E-state index in [4.69, 9.17) is 9.47 Å². The molecule has 0 spiro atoms. The van der Waals surface area contributed by atoms with Crippen molar-refractivity contribution in [1.82, 2.24) is 10.2 Å². The van der Waals surface area contributed by atoms with E-state index in [0.29, 0.717) is 6.54 Å². The van der Waals surface area contributed by atoms with E-state index in [1.165, 1.54) is 12.7 Å². The lowest BCUT2D eigenvalue weighted by Gasteiger charge is -2.21. The topological polar surface area (TPSA) is 63.2 Å². The number of nitrogens with one attached hydrogen (secondary N) is 1. The Morgan fingerprint density at radius 1 is 1.30 bits per heavy atom. The molecule has 0 radical (unpaired) electrons. The molecule has 1 aliphatic heterocycles. The van der Waals surface area contributed by atoms with Gasteiger partial charge in [-0.15, -0.1) is 24.0 Å². The normalized spacial score (nSPS) is 19.6. The van der Waals surface area contributed by atoms with Gasteiger partial charge in [0.1, 0.15) is 5.75 Å². The van der Waals surface area contributed by atoms with Crippen LogP contribution in [0.4, 0.5) is 0 Å². The molecule has 1 N–H and O–H groups in total. The Morgan fingerprint density at radius 3 is 2.52 bits per heavy atom. The van der Waals surface area contributed by atoms with Gasteiger partial charge in [0.05, 0.1) is 19.1 Å². The number of carbonyl (C=O) groups excluding carboxylic acids is 1. The molecule has 2 atom stereocenters. The molecule has 1 fully saturated rings. The first-order valence-electron chi connectivity index (χ1n) is 9.23. The highest BCUT2D eigenvalue weighted by atomic mass is 127. The fraction of sp³-hybridized carbons (Fsp3) is 0.600. The van der Waals surface area contributed by atoms with Crippen molar-refractivity contribution in [3.8, 4) is 5.75 Å². The van der Waals surface area contributed by atoms with Gasteiger partial charge in [0.25, 0.3) is 0 Å². The minimum atomic E-state index is -0.140. The highest BCUT2D eigenvalue weighted by Gasteiger charge is 2.36. The van der Waals surface area contributed by atoms with E-state index in [1.54, 1.807) is 7.05 Å². The Labute approximate surface area is 179 Å². The van der Waals surface area contributed by atoms with Gasteiger partial charge < -0.3 is 19.7 Å². The van der Waals surface area contributed by atoms with Crippen LogP contribution in [0.2, 0.25) is 0 Å². The number of guanidine groups is 1. The number of ether oxygens (including phenoxy) is 2. The zero-order chi connectivity index (χ0) is 19.1. The number of aliphatic imine (C=N–C) groups is 1. The van der Waals surface area contributed by atoms with Gasteiger partial charge in [-0.2, -0.15) is 0 Å². The number of hydrogen-bond donors (Lipinski definition) is 1. The fourth-order valence-corrected chi connectivity index (χ4v) is 3.26. The van der Waals surface area contributed by atoms with E-state index < -0.39 is 0 Å². The maximum absolute atomic E-state index is 11.9. The number of benzene rings is 1. The van der Waals surface area contributed by atoms with Crippen LogP contribution >= 0.6 is 24.0 Å². The van der Waals surface area contributed by atoms with Crippen LogP contribution in [-0.2, 0) is 16.0 Å². The SMILES string of the molecule is CN=C(NCCc1ccc(OC(C)C)cc1)N1CC(C)C(C(=O)OC)C1.I. The zero-order valence-electron chi connectivity index (χ0n) is 16.9. The molecule has 1 aromatic rings. The number of carbonyl (C=O) groups is 1. The highest BCUT2D eigenvalue weighted by Crippen LogP contribution is 2.24. The quantitative estimate of drug-likeness (QED) is 0.288. The molecule has 0 aromatic heterocycles. The predicted molar refractivity (Wildman–Crippen MR) is 119 cm³/mol. The number of likely N-dealkylation sites (tertiary alicyclic amines) is 1. The molecule has 1 aromatic carbocycles. The van der Waals surface area contributed by atoms with Crippen LogP contribution in [0, 0.1) is 11.8 Å². The third-order valence-corrected chi connectivity index (χ3v) is 4.62. The van der Waals surface area contributed by atoms with Crippen molar-refractivity contribution >= 4 is 35.9 Å². The maximum atomic E-state index is 11.9. The third-order valence-electron chi connectivity index (χ3n) is 4.62. The molecule has 152 valence electrons. The first-order chi connectivity index (χ1) is 12.4. The van der Waals surface area contributed by atoms with E-state index >= 15 is 0 Å². The van der Waals surface area contributed by atoms with Gasteiger partial charge in [0, 0.05) is 26.7 Å². The van der Waals surface area contributed by atoms with Crippen LogP contribution in [0.25, 0.3) is 0 Å². The van der Waals surface area contributed by atoms with Crippen molar-refractivity contribution in [2.45, 2.75) is 33.3 Å². The van der Waals surface area contributed by atoms with Crippen LogP contribution in [0.3, 0.4) is 0 Å². The van der Waals surface area contributed by atoms with Crippen LogP contribution in [0.15, 0.2) is 29.3 Å². The van der Waals surface area contributed by atoms with Gasteiger partial charge in [-0.3, -0.25) is 9.79 Å². The van der Waals surface area contributed by atoms with Gasteiger partial charge in [0.15, 0.2) is 5.96 Å². The van der Waals surface area contributed by atoms with Crippen molar-refractivity contribution in [2.75, 3.05) is 33.8 Å². The summed E-state index contributed by atoms with van der Waals surface area (Å²) in [6, 6.07) is 8.20. The summed E-state index contributed by atoms with van der Waals surface area (Å²) in [6.45, 7) is 8.36. The van der Waals surface area contributed by atoms with Gasteiger partial charge >= 0.3 is 5.97 Å². The molecule has 27 heavy (non-hydrogen) atoms. The number of methoxy groups -OCH3 is 1. The van der Waals surface area contributed by atoms with Crippen molar-refractivity contribution in [3.05, 3.63) is 29.8 Å². The number of rotatable bonds is 6. The standard InChI is InChI=1S/C20H31N3O3.HI/c1-14(2)26-17-8-6-16(7-9-17)10-11-22-20(21-4)23-12-15(3)18(13-23)19(24)25-5;/h6-9,14-15,18H,10-13H2,1-5H3,(H,21,22);1H. The molecule has 0 bridgehead atoms. The number of nitrogens with zero attached hydrogens (tertiary/aromatic N) is 2. The largest absolute Gasteiger partial charge is 0.491 e. The molecule has 2 unspecified atom stereocenters. The first-order valence-corrected chi connectivity index (χ1v) is 9.23. The highest BCUT2D eigenvalue weighted by molar-refractivity contribution is 14.0. The summed E-state index contributed by atoms with van der Waals surface area (Å²) in [4.78, 5) is 18.3. The molecule has 7 heteroatoms. The summed E-state index contributed by atoms with van der Waals surface area (Å²) in [7, 11) is 3.22. The minimum Gasteiger partial charge on any atom is -0.491 e. The summed E-state index contributed by atoms with van der Waals surface area (Å²) in [5.41, 5.74) is 1.24. The van der Waals surface area contributed by atoms with Crippen molar-refractivity contribution in [2.24, 2.45) is 16.8 Å². The van der Waals surface area contributed by atoms with Crippen LogP contribution < -0.4 is 10.1 Å². The Hall–Kier alpha value is -1.51. The second-order valence-corrected chi connectivity index (χ2v) is 7.05. The molecule has 6 nitrogen and oxygen atoms in total. The summed E-state index contributed by atoms with van der Waals surface area (Å²) in [5, 5.41) is 3.40. The summed E-state index contributed by atoms with van der Waals surface area (Å²) >= 11 is 0. The van der Waals surface area contributed by atoms with Gasteiger partial charge in [0.2, 0.25) is 0 Å². The van der Waals surface area contributed by atoms with Crippen molar-refractivity contribution in [1.29, 1.82) is 0 Å². The zero-order valence-corrected chi connectivity index (χ0v) is 19.2. The van der Waals surface area contributed by atoms with E-state index in [9.17, 15) is 4.79 Å². The van der Waals surface area contributed by atoms with E-state index in [2.05, 4.69) is 34.3 Å². The molecule has 0 amide bonds. The molecule has 0 aliphatic carbocycles. The molecule has 1 heterocycles. The lowest BCUT2D eigenvalue weighted by atomic mass is 9.99. The molecule has 2 rings (SSSR count). The van der Waals surface area contributed by atoms with Crippen LogP contribution in [0.1, 0.15) is 26.3 Å². The number of esters is 1. The van der Waals surface area contributed by atoms with Crippen LogP contribution in [-0.4, -0.2) is 56.7 Å². The van der Waals surface area contributed by atoms with E-state index in [-0.39, 0.29) is 47.9 Å². The summed E-state index contributed by atoms with van der Waals surface area (Å²) < 4.78 is 10.6. The second-order valence-electron chi connectivity index (χ2n) is 7.05. The summed E-state index contributed by atoms with van der Waals surface area (Å²) in [5.74, 6) is 1.76. The Balaban J connectivity index is 0.00000364. The lowest BCUT2D eigenvalue weighted by molar-refractivity contribution is -0.145. The fourth-order valence-electron chi connectivity index (χ4n) is 3.26. The smallest absolute Gasteiger partial charge is 0.310 e. The average Bonchev–Trinajstić information content (AvgIpc) is 3.00. The number of hydrogen-bond acceptors (Lipinski definition) is 4. The molecule has 1 saturated heterocycles. The average molecular weight is 489 g/mol. The monoisotopic (exact) mass is 489 g/mol. The number of halogens is 1. The Bertz CT molecular complexity index is 619. The van der Waals surface area contributed by atoms with E-state index in [1.807, 2.05) is 26.0 Å². The second kappa shape index (κ2) is 11.4. The Kier molecular flexibility index (Phi) is 9.90. The van der Waals surface area contributed by atoms with Gasteiger partial charge in [-0.1, -0.05) is 19.1 Å². The van der Waals surface area contributed by atoms with Crippen LogP contribution in [0.5, 0.6) is 5.75 Å². The van der Waals surface area contributed by atoms with Gasteiger partial charge in [-0.25, -0.2) is 0 Å². The Morgan fingerprint density at radius 2 is 1.96 bits per heavy atom. The van der Waals surface area contributed by atoms with Gasteiger partial charge in [-0.05, 0) is 43.9 Å². The first kappa shape index (κ1) is 23.5. The van der Waals surface area contributed by atoms with E-state index in [0.717, 1.165) is 31.2 Å². The summed E-state index contributed by atoms with van der Waals surface area (Å²) in [6.07, 6.45) is 1.08. The van der Waals surface area contributed by atoms with Crippen molar-refractivity contribution in [3.63, 3.8) is 0 Å². The predicted octanol–water partition coefficient (Wildman–Crippen LogP) is 2.95. The minimum absolute atomic E-state index is 0.